The standard InChI is InChI=1S/C9H5Cl3N2.C2H4O2/c10-5-2-1-4-6(11)3-7(13)14-9(4)8(5)12;1-2(3)4/h1-3H,(H2,13,14);1H3,(H,3,4). The molecule has 0 saturated heterocycles. The van der Waals surface area contributed by atoms with Crippen LogP contribution in [-0.2, 0) is 4.79 Å². The Hall–Kier alpha value is -1.23. The zero-order chi connectivity index (χ0) is 13.9. The summed E-state index contributed by atoms with van der Waals surface area (Å²) >= 11 is 17.8. The van der Waals surface area contributed by atoms with Gasteiger partial charge in [0.05, 0.1) is 20.6 Å². The number of anilines is 1. The molecule has 0 fully saturated rings. The summed E-state index contributed by atoms with van der Waals surface area (Å²) in [5.41, 5.74) is 6.08. The Bertz CT molecular complexity index is 598. The Kier molecular flexibility index (Phi) is 5.02. The molecule has 3 N–H and O–H groups in total. The third-order valence-corrected chi connectivity index (χ3v) is 2.95. The summed E-state index contributed by atoms with van der Waals surface area (Å²) in [5.74, 6) is -0.508. The highest BCUT2D eigenvalue weighted by Crippen LogP contribution is 2.33. The molecular formula is C11H9Cl3N2O2. The van der Waals surface area contributed by atoms with Gasteiger partial charge in [0.1, 0.15) is 5.82 Å². The summed E-state index contributed by atoms with van der Waals surface area (Å²) in [6.45, 7) is 1.08. The van der Waals surface area contributed by atoms with Crippen LogP contribution in [-0.4, -0.2) is 16.1 Å². The number of nitrogens with zero attached hydrogens (tertiary/aromatic N) is 1. The number of rotatable bonds is 0. The van der Waals surface area contributed by atoms with E-state index in [1.54, 1.807) is 18.2 Å². The number of halogens is 3. The number of nitrogen functional groups attached to an aromatic ring is 1. The summed E-state index contributed by atoms with van der Waals surface area (Å²) in [7, 11) is 0. The van der Waals surface area contributed by atoms with Crippen LogP contribution in [0.4, 0.5) is 5.82 Å². The van der Waals surface area contributed by atoms with Crippen molar-refractivity contribution in [1.29, 1.82) is 0 Å². The second kappa shape index (κ2) is 6.09. The lowest BCUT2D eigenvalue weighted by Crippen LogP contribution is -1.91. The first-order valence-electron chi connectivity index (χ1n) is 4.72. The first-order chi connectivity index (χ1) is 8.32. The van der Waals surface area contributed by atoms with Crippen molar-refractivity contribution < 1.29 is 9.90 Å². The maximum absolute atomic E-state index is 9.00. The van der Waals surface area contributed by atoms with E-state index in [2.05, 4.69) is 4.98 Å². The summed E-state index contributed by atoms with van der Waals surface area (Å²) in [6, 6.07) is 5.02. The zero-order valence-electron chi connectivity index (χ0n) is 9.25. The molecule has 0 aliphatic carbocycles. The maximum atomic E-state index is 9.00. The molecule has 2 rings (SSSR count). The Morgan fingerprint density at radius 3 is 2.39 bits per heavy atom. The molecule has 1 aromatic heterocycles. The van der Waals surface area contributed by atoms with Gasteiger partial charge in [0.2, 0.25) is 0 Å². The van der Waals surface area contributed by atoms with Gasteiger partial charge in [0, 0.05) is 12.3 Å². The second-order valence-corrected chi connectivity index (χ2v) is 4.50. The van der Waals surface area contributed by atoms with Crippen LogP contribution in [0.3, 0.4) is 0 Å². The minimum Gasteiger partial charge on any atom is -0.481 e. The van der Waals surface area contributed by atoms with Crippen LogP contribution in [0.5, 0.6) is 0 Å². The zero-order valence-corrected chi connectivity index (χ0v) is 11.5. The Balaban J connectivity index is 0.000000357. The van der Waals surface area contributed by atoms with Gasteiger partial charge < -0.3 is 10.8 Å². The van der Waals surface area contributed by atoms with Crippen LogP contribution >= 0.6 is 34.8 Å². The van der Waals surface area contributed by atoms with Crippen molar-refractivity contribution in [2.45, 2.75) is 6.92 Å². The van der Waals surface area contributed by atoms with Crippen molar-refractivity contribution in [3.8, 4) is 0 Å². The SMILES string of the molecule is CC(=O)O.Nc1cc(Cl)c2ccc(Cl)c(Cl)c2n1. The summed E-state index contributed by atoms with van der Waals surface area (Å²) in [5, 5.41) is 9.49. The average Bonchev–Trinajstić information content (AvgIpc) is 2.23. The first-order valence-corrected chi connectivity index (χ1v) is 5.85. The average molecular weight is 308 g/mol. The highest BCUT2D eigenvalue weighted by atomic mass is 35.5. The fourth-order valence-corrected chi connectivity index (χ4v) is 1.83. The predicted molar refractivity (Wildman–Crippen MR) is 74.5 cm³/mol. The number of benzene rings is 1. The van der Waals surface area contributed by atoms with E-state index in [9.17, 15) is 0 Å². The molecule has 1 heterocycles. The van der Waals surface area contributed by atoms with Crippen LogP contribution in [0.1, 0.15) is 6.92 Å². The van der Waals surface area contributed by atoms with E-state index in [-0.39, 0.29) is 0 Å². The van der Waals surface area contributed by atoms with Crippen LogP contribution in [0.2, 0.25) is 15.1 Å². The smallest absolute Gasteiger partial charge is 0.300 e. The number of aliphatic carboxylic acids is 1. The first kappa shape index (κ1) is 14.8. The molecule has 0 aliphatic rings. The number of pyridine rings is 1. The number of nitrogens with two attached hydrogens (primary N) is 1. The Labute approximate surface area is 118 Å². The molecule has 2 aromatic rings. The highest BCUT2D eigenvalue weighted by Gasteiger charge is 2.08. The van der Waals surface area contributed by atoms with Gasteiger partial charge in [-0.25, -0.2) is 4.98 Å². The van der Waals surface area contributed by atoms with E-state index < -0.39 is 5.97 Å². The van der Waals surface area contributed by atoms with Gasteiger partial charge >= 0.3 is 0 Å². The lowest BCUT2D eigenvalue weighted by molar-refractivity contribution is -0.134. The van der Waals surface area contributed by atoms with Crippen LogP contribution in [0.25, 0.3) is 10.9 Å². The summed E-state index contributed by atoms with van der Waals surface area (Å²) in [4.78, 5) is 13.1. The monoisotopic (exact) mass is 306 g/mol. The van der Waals surface area contributed by atoms with Crippen LogP contribution in [0, 0.1) is 0 Å². The molecule has 1 aromatic carbocycles. The molecule has 0 bridgehead atoms. The van der Waals surface area contributed by atoms with E-state index in [1.807, 2.05) is 0 Å². The lowest BCUT2D eigenvalue weighted by atomic mass is 10.2. The molecule has 96 valence electrons. The molecular weight excluding hydrogens is 298 g/mol. The molecule has 0 unspecified atom stereocenters. The van der Waals surface area contributed by atoms with Crippen molar-refractivity contribution in [2.75, 3.05) is 5.73 Å². The number of aromatic nitrogens is 1. The number of carboxylic acids is 1. The largest absolute Gasteiger partial charge is 0.481 e. The molecule has 0 spiro atoms. The highest BCUT2D eigenvalue weighted by molar-refractivity contribution is 6.46. The Morgan fingerprint density at radius 2 is 1.83 bits per heavy atom. The van der Waals surface area contributed by atoms with Crippen molar-refractivity contribution in [3.63, 3.8) is 0 Å². The van der Waals surface area contributed by atoms with Gasteiger partial charge in [-0.2, -0.15) is 0 Å². The third-order valence-electron chi connectivity index (χ3n) is 1.84. The maximum Gasteiger partial charge on any atom is 0.300 e. The lowest BCUT2D eigenvalue weighted by Gasteiger charge is -2.04. The number of carboxylic acid groups (broad SMARTS) is 1. The van der Waals surface area contributed by atoms with Crippen LogP contribution < -0.4 is 5.73 Å². The van der Waals surface area contributed by atoms with E-state index in [0.29, 0.717) is 26.4 Å². The van der Waals surface area contributed by atoms with Crippen molar-refractivity contribution >= 4 is 57.5 Å². The topological polar surface area (TPSA) is 76.2 Å². The normalized spacial score (nSPS) is 9.78. The number of fused-ring (bicyclic) bond motifs is 1. The van der Waals surface area contributed by atoms with Crippen molar-refractivity contribution in [3.05, 3.63) is 33.3 Å². The number of hydrogen-bond donors (Lipinski definition) is 2. The molecule has 0 amide bonds. The van der Waals surface area contributed by atoms with E-state index in [0.717, 1.165) is 12.3 Å². The van der Waals surface area contributed by atoms with Gasteiger partial charge in [-0.3, -0.25) is 4.79 Å². The minimum absolute atomic E-state index is 0.326. The molecule has 7 heteroatoms. The fraction of sp³-hybridized carbons (Fsp3) is 0.0909. The second-order valence-electron chi connectivity index (χ2n) is 3.31. The van der Waals surface area contributed by atoms with Gasteiger partial charge in [0.25, 0.3) is 5.97 Å². The van der Waals surface area contributed by atoms with Crippen molar-refractivity contribution in [1.82, 2.24) is 4.98 Å². The minimum atomic E-state index is -0.833. The van der Waals surface area contributed by atoms with E-state index in [1.165, 1.54) is 0 Å². The van der Waals surface area contributed by atoms with Gasteiger partial charge in [0.15, 0.2) is 0 Å². The molecule has 0 aliphatic heterocycles. The summed E-state index contributed by atoms with van der Waals surface area (Å²) < 4.78 is 0. The fourth-order valence-electron chi connectivity index (χ4n) is 1.21. The van der Waals surface area contributed by atoms with Gasteiger partial charge in [-0.1, -0.05) is 34.8 Å². The van der Waals surface area contributed by atoms with Crippen molar-refractivity contribution in [2.24, 2.45) is 0 Å². The predicted octanol–water partition coefficient (Wildman–Crippen LogP) is 3.87. The molecule has 0 atom stereocenters. The van der Waals surface area contributed by atoms with Gasteiger partial charge in [-0.05, 0) is 18.2 Å². The third kappa shape index (κ3) is 3.63. The molecule has 4 nitrogen and oxygen atoms in total. The number of hydrogen-bond acceptors (Lipinski definition) is 3. The molecule has 18 heavy (non-hydrogen) atoms. The van der Waals surface area contributed by atoms with Gasteiger partial charge in [-0.15, -0.1) is 0 Å². The van der Waals surface area contributed by atoms with Crippen LogP contribution in [0.15, 0.2) is 18.2 Å². The van der Waals surface area contributed by atoms with E-state index >= 15 is 0 Å². The summed E-state index contributed by atoms with van der Waals surface area (Å²) in [6.07, 6.45) is 0. The number of carbonyl (C=O) groups is 1. The molecule has 0 saturated carbocycles. The van der Waals surface area contributed by atoms with E-state index in [4.69, 9.17) is 50.4 Å². The molecule has 0 radical (unpaired) electrons. The Morgan fingerprint density at radius 1 is 1.28 bits per heavy atom. The quantitative estimate of drug-likeness (QED) is 0.774.